The molecule has 2 atom stereocenters. The zero-order valence-corrected chi connectivity index (χ0v) is 23.3. The van der Waals surface area contributed by atoms with Gasteiger partial charge in [-0.1, -0.05) is 92.7 Å². The molecule has 3 aromatic rings. The normalized spacial score (nSPS) is 12.7. The van der Waals surface area contributed by atoms with Crippen LogP contribution in [0.2, 0.25) is 0 Å². The molecule has 0 fully saturated rings. The Morgan fingerprint density at radius 2 is 1.45 bits per heavy atom. The number of carboxylic acid groups (broad SMARTS) is 1. The van der Waals surface area contributed by atoms with Crippen LogP contribution in [0, 0.1) is 0 Å². The summed E-state index contributed by atoms with van der Waals surface area (Å²) in [6, 6.07) is 25.0. The van der Waals surface area contributed by atoms with Gasteiger partial charge in [0.05, 0.1) is 19.6 Å². The highest BCUT2D eigenvalue weighted by Gasteiger charge is 2.29. The van der Waals surface area contributed by atoms with Crippen LogP contribution in [0.4, 0.5) is 0 Å². The molecule has 0 radical (unpaired) electrons. The van der Waals surface area contributed by atoms with Gasteiger partial charge in [-0.2, -0.15) is 0 Å². The van der Waals surface area contributed by atoms with E-state index in [0.29, 0.717) is 19.6 Å². The van der Waals surface area contributed by atoms with Gasteiger partial charge in [0.15, 0.2) is 0 Å². The molecule has 0 saturated carbocycles. The Hall–Kier alpha value is -4.17. The summed E-state index contributed by atoms with van der Waals surface area (Å²) in [5, 5.41) is 15.2. The molecule has 3 rings (SSSR count). The van der Waals surface area contributed by atoms with E-state index in [2.05, 4.69) is 24.5 Å². The summed E-state index contributed by atoms with van der Waals surface area (Å²) in [5.74, 6) is -1.51. The third-order valence-electron chi connectivity index (χ3n) is 6.77. The number of nitrogens with one attached hydrogen (secondary N) is 2. The molecule has 0 aliphatic heterocycles. The van der Waals surface area contributed by atoms with Gasteiger partial charge in [0, 0.05) is 6.42 Å². The van der Waals surface area contributed by atoms with Crippen LogP contribution in [-0.4, -0.2) is 48.7 Å². The second kappa shape index (κ2) is 14.8. The van der Waals surface area contributed by atoms with Gasteiger partial charge in [-0.05, 0) is 41.1 Å². The first-order valence-corrected chi connectivity index (χ1v) is 13.3. The lowest BCUT2D eigenvalue weighted by Crippen LogP contribution is -2.52. The highest BCUT2D eigenvalue weighted by molar-refractivity contribution is 5.90. The number of aliphatic carboxylic acids is 1. The van der Waals surface area contributed by atoms with Crippen molar-refractivity contribution >= 4 is 17.8 Å². The molecule has 8 heteroatoms. The van der Waals surface area contributed by atoms with Gasteiger partial charge in [-0.3, -0.25) is 9.59 Å². The zero-order chi connectivity index (χ0) is 29.0. The third-order valence-corrected chi connectivity index (χ3v) is 6.77. The number of amides is 1. The summed E-state index contributed by atoms with van der Waals surface area (Å²) in [5.41, 5.74) is 2.58. The van der Waals surface area contributed by atoms with Crippen LogP contribution >= 0.6 is 0 Å². The van der Waals surface area contributed by atoms with E-state index in [1.807, 2.05) is 84.9 Å². The molecule has 0 aliphatic carbocycles. The average molecular weight is 547 g/mol. The highest BCUT2D eigenvalue weighted by Crippen LogP contribution is 2.34. The van der Waals surface area contributed by atoms with Gasteiger partial charge >= 0.3 is 11.9 Å². The van der Waals surface area contributed by atoms with E-state index in [1.165, 1.54) is 7.11 Å². The van der Waals surface area contributed by atoms with Gasteiger partial charge in [0.1, 0.15) is 18.4 Å². The molecular weight excluding hydrogens is 508 g/mol. The summed E-state index contributed by atoms with van der Waals surface area (Å²) in [6.45, 7) is 4.97. The fourth-order valence-corrected chi connectivity index (χ4v) is 4.47. The SMILES string of the molecule is COC(=O)[C@H](Cc1ccccc1)NC(=O)[C@@H](CC(=O)O)NCCC(C)(C)c1ccccc1OCc1ccccc1. The Morgan fingerprint density at radius 1 is 0.850 bits per heavy atom. The van der Waals surface area contributed by atoms with Gasteiger partial charge in [-0.25, -0.2) is 4.79 Å². The van der Waals surface area contributed by atoms with Gasteiger partial charge < -0.3 is 25.2 Å². The van der Waals surface area contributed by atoms with Crippen LogP contribution in [0.5, 0.6) is 5.75 Å². The van der Waals surface area contributed by atoms with Gasteiger partial charge in [0.25, 0.3) is 0 Å². The predicted molar refractivity (Wildman–Crippen MR) is 153 cm³/mol. The monoisotopic (exact) mass is 546 g/mol. The number of rotatable bonds is 15. The second-order valence-electron chi connectivity index (χ2n) is 10.3. The number of hydrogen-bond donors (Lipinski definition) is 3. The van der Waals surface area contributed by atoms with Gasteiger partial charge in [-0.15, -0.1) is 0 Å². The highest BCUT2D eigenvalue weighted by atomic mass is 16.5. The van der Waals surface area contributed by atoms with Crippen LogP contribution in [0.25, 0.3) is 0 Å². The third kappa shape index (κ3) is 9.24. The van der Waals surface area contributed by atoms with E-state index >= 15 is 0 Å². The molecule has 0 aliphatic rings. The van der Waals surface area contributed by atoms with Crippen LogP contribution in [0.15, 0.2) is 84.9 Å². The second-order valence-corrected chi connectivity index (χ2v) is 10.3. The Bertz CT molecular complexity index is 1250. The largest absolute Gasteiger partial charge is 0.489 e. The molecule has 0 aromatic heterocycles. The van der Waals surface area contributed by atoms with Crippen LogP contribution in [-0.2, 0) is 37.6 Å². The first-order valence-electron chi connectivity index (χ1n) is 13.3. The van der Waals surface area contributed by atoms with Gasteiger partial charge in [0.2, 0.25) is 5.91 Å². The number of ether oxygens (including phenoxy) is 2. The summed E-state index contributed by atoms with van der Waals surface area (Å²) < 4.78 is 11.0. The molecule has 1 amide bonds. The van der Waals surface area contributed by atoms with Crippen molar-refractivity contribution in [3.63, 3.8) is 0 Å². The predicted octanol–water partition coefficient (Wildman–Crippen LogP) is 4.27. The Balaban J connectivity index is 1.65. The molecule has 0 spiro atoms. The number of benzene rings is 3. The number of carboxylic acids is 1. The summed E-state index contributed by atoms with van der Waals surface area (Å²) >= 11 is 0. The van der Waals surface area contributed by atoms with E-state index in [9.17, 15) is 19.5 Å². The number of carbonyl (C=O) groups is 3. The number of hydrogen-bond acceptors (Lipinski definition) is 6. The minimum absolute atomic E-state index is 0.228. The molecular formula is C32H38N2O6. The topological polar surface area (TPSA) is 114 Å². The van der Waals surface area contributed by atoms with E-state index < -0.39 is 36.4 Å². The van der Waals surface area contributed by atoms with Crippen LogP contribution in [0.3, 0.4) is 0 Å². The number of esters is 1. The molecule has 0 heterocycles. The molecule has 40 heavy (non-hydrogen) atoms. The van der Waals surface area contributed by atoms with E-state index in [-0.39, 0.29) is 11.8 Å². The average Bonchev–Trinajstić information content (AvgIpc) is 2.95. The van der Waals surface area contributed by atoms with Crippen molar-refractivity contribution in [2.45, 2.75) is 57.2 Å². The smallest absolute Gasteiger partial charge is 0.328 e. The fraction of sp³-hybridized carbons (Fsp3) is 0.344. The maximum Gasteiger partial charge on any atom is 0.328 e. The first kappa shape index (κ1) is 30.4. The Morgan fingerprint density at radius 3 is 2.08 bits per heavy atom. The first-order chi connectivity index (χ1) is 19.2. The lowest BCUT2D eigenvalue weighted by molar-refractivity contribution is -0.145. The molecule has 3 aromatic carbocycles. The van der Waals surface area contributed by atoms with E-state index in [1.54, 1.807) is 0 Å². The lowest BCUT2D eigenvalue weighted by Gasteiger charge is -2.29. The van der Waals surface area contributed by atoms with Crippen molar-refractivity contribution in [3.8, 4) is 5.75 Å². The van der Waals surface area contributed by atoms with Crippen molar-refractivity contribution in [2.75, 3.05) is 13.7 Å². The van der Waals surface area contributed by atoms with Crippen LogP contribution < -0.4 is 15.4 Å². The minimum atomic E-state index is -1.12. The Labute approximate surface area is 235 Å². The molecule has 0 bridgehead atoms. The summed E-state index contributed by atoms with van der Waals surface area (Å²) in [4.78, 5) is 37.1. The van der Waals surface area contributed by atoms with E-state index in [4.69, 9.17) is 9.47 Å². The number of carbonyl (C=O) groups excluding carboxylic acids is 2. The van der Waals surface area contributed by atoms with Crippen molar-refractivity contribution in [3.05, 3.63) is 102 Å². The molecule has 8 nitrogen and oxygen atoms in total. The van der Waals surface area contributed by atoms with Crippen molar-refractivity contribution in [2.24, 2.45) is 0 Å². The maximum atomic E-state index is 13.1. The number of methoxy groups -OCH3 is 1. The fourth-order valence-electron chi connectivity index (χ4n) is 4.47. The molecule has 0 saturated heterocycles. The van der Waals surface area contributed by atoms with Crippen molar-refractivity contribution in [1.29, 1.82) is 0 Å². The van der Waals surface area contributed by atoms with Crippen LogP contribution in [0.1, 0.15) is 43.4 Å². The van der Waals surface area contributed by atoms with Crippen molar-refractivity contribution < 1.29 is 29.0 Å². The molecule has 0 unspecified atom stereocenters. The maximum absolute atomic E-state index is 13.1. The van der Waals surface area contributed by atoms with Crippen molar-refractivity contribution in [1.82, 2.24) is 10.6 Å². The lowest BCUT2D eigenvalue weighted by atomic mass is 9.81. The van der Waals surface area contributed by atoms with E-state index in [0.717, 1.165) is 22.4 Å². The molecule has 3 N–H and O–H groups in total. The zero-order valence-electron chi connectivity index (χ0n) is 23.3. The quantitative estimate of drug-likeness (QED) is 0.244. The number of para-hydroxylation sites is 1. The summed E-state index contributed by atoms with van der Waals surface area (Å²) in [7, 11) is 1.25. The minimum Gasteiger partial charge on any atom is -0.489 e. The standard InChI is InChI=1S/C32H38N2O6/c1-32(2,25-16-10-11-17-28(25)40-22-24-14-8-5-9-15-24)18-19-33-26(21-29(35)36)30(37)34-27(31(38)39-3)20-23-12-6-4-7-13-23/h4-17,26-27,33H,18-22H2,1-3H3,(H,34,37)(H,35,36)/t26-,27+/m1/s1. The summed E-state index contributed by atoms with van der Waals surface area (Å²) in [6.07, 6.45) is 0.403. The molecule has 212 valence electrons. The Kier molecular flexibility index (Phi) is 11.3.